The van der Waals surface area contributed by atoms with E-state index in [4.69, 9.17) is 10.3 Å². The molecule has 23 heavy (non-hydrogen) atoms. The van der Waals surface area contributed by atoms with Crippen molar-refractivity contribution in [2.45, 2.75) is 44.7 Å². The molecule has 1 aromatic rings. The molecule has 134 valence electrons. The van der Waals surface area contributed by atoms with Gasteiger partial charge in [0, 0.05) is 12.5 Å². The largest absolute Gasteiger partial charge is 0.343 e. The van der Waals surface area contributed by atoms with E-state index in [1.807, 2.05) is 25.9 Å². The van der Waals surface area contributed by atoms with Crippen LogP contribution in [0, 0.1) is 5.92 Å². The van der Waals surface area contributed by atoms with E-state index in [2.05, 4.69) is 15.5 Å². The van der Waals surface area contributed by atoms with Crippen molar-refractivity contribution in [3.63, 3.8) is 0 Å². The molecule has 2 rings (SSSR count). The lowest BCUT2D eigenvalue weighted by Crippen LogP contribution is -2.47. The molecule has 7 nitrogen and oxygen atoms in total. The highest BCUT2D eigenvalue weighted by Crippen LogP contribution is 2.37. The highest BCUT2D eigenvalue weighted by atomic mass is 35.5. The molecular formula is C14H27Cl2N5O2. The van der Waals surface area contributed by atoms with E-state index >= 15 is 0 Å². The first-order chi connectivity index (χ1) is 9.97. The molecule has 1 atom stereocenters. The molecule has 9 heteroatoms. The number of carbonyl (C=O) groups excluding carboxylic acids is 1. The highest BCUT2D eigenvalue weighted by molar-refractivity contribution is 5.85. The second-order valence-corrected chi connectivity index (χ2v) is 6.16. The Hall–Kier alpha value is -0.890. The summed E-state index contributed by atoms with van der Waals surface area (Å²) in [5.74, 6) is 0.908. The van der Waals surface area contributed by atoms with Crippen molar-refractivity contribution in [1.29, 1.82) is 0 Å². The summed E-state index contributed by atoms with van der Waals surface area (Å²) in [6.07, 6.45) is 3.79. The molecule has 1 amide bonds. The molecule has 1 aliphatic carbocycles. The molecule has 0 bridgehead atoms. The summed E-state index contributed by atoms with van der Waals surface area (Å²) in [6, 6.07) is 0. The number of amides is 1. The fourth-order valence-corrected chi connectivity index (χ4v) is 2.63. The van der Waals surface area contributed by atoms with Gasteiger partial charge in [0.15, 0.2) is 5.82 Å². The SMILES string of the molecule is CC(CN)C(=O)NC1(c2noc(CN(C)C)n2)CCCC1.Cl.Cl. The summed E-state index contributed by atoms with van der Waals surface area (Å²) >= 11 is 0. The van der Waals surface area contributed by atoms with E-state index in [0.29, 0.717) is 24.8 Å². The molecule has 1 heterocycles. The summed E-state index contributed by atoms with van der Waals surface area (Å²) < 4.78 is 5.30. The zero-order valence-corrected chi connectivity index (χ0v) is 15.5. The number of hydrogen-bond donors (Lipinski definition) is 2. The molecule has 1 unspecified atom stereocenters. The maximum atomic E-state index is 12.2. The fraction of sp³-hybridized carbons (Fsp3) is 0.786. The average Bonchev–Trinajstić information content (AvgIpc) is 3.07. The molecule has 0 aliphatic heterocycles. The minimum atomic E-state index is -0.491. The minimum absolute atomic E-state index is 0. The van der Waals surface area contributed by atoms with Crippen LogP contribution < -0.4 is 11.1 Å². The predicted molar refractivity (Wildman–Crippen MR) is 92.7 cm³/mol. The van der Waals surface area contributed by atoms with Gasteiger partial charge in [0.25, 0.3) is 0 Å². The average molecular weight is 368 g/mol. The molecule has 1 aromatic heterocycles. The number of halogens is 2. The first-order valence-corrected chi connectivity index (χ1v) is 7.47. The third-order valence-electron chi connectivity index (χ3n) is 3.97. The van der Waals surface area contributed by atoms with Crippen LogP contribution in [0.3, 0.4) is 0 Å². The Morgan fingerprint density at radius 2 is 2.00 bits per heavy atom. The maximum absolute atomic E-state index is 12.2. The van der Waals surface area contributed by atoms with Crippen LogP contribution in [0.2, 0.25) is 0 Å². The van der Waals surface area contributed by atoms with Crippen molar-refractivity contribution in [2.75, 3.05) is 20.6 Å². The Bertz CT molecular complexity index is 489. The van der Waals surface area contributed by atoms with Gasteiger partial charge in [-0.25, -0.2) is 0 Å². The number of nitrogens with zero attached hydrogens (tertiary/aromatic N) is 3. The topological polar surface area (TPSA) is 97.3 Å². The standard InChI is InChI=1S/C14H25N5O2.2ClH/c1-10(8-15)12(20)17-14(6-4-5-7-14)13-16-11(21-18-13)9-19(2)3;;/h10H,4-9,15H2,1-3H3,(H,17,20);2*1H. The monoisotopic (exact) mass is 367 g/mol. The summed E-state index contributed by atoms with van der Waals surface area (Å²) in [5.41, 5.74) is 5.08. The smallest absolute Gasteiger partial charge is 0.240 e. The van der Waals surface area contributed by atoms with E-state index in [-0.39, 0.29) is 36.6 Å². The molecule has 0 radical (unpaired) electrons. The van der Waals surface area contributed by atoms with Crippen LogP contribution in [0.5, 0.6) is 0 Å². The number of nitrogens with two attached hydrogens (primary N) is 1. The van der Waals surface area contributed by atoms with Crippen LogP contribution in [0.25, 0.3) is 0 Å². The number of aromatic nitrogens is 2. The van der Waals surface area contributed by atoms with Gasteiger partial charge in [0.2, 0.25) is 11.8 Å². The normalized spacial score (nSPS) is 17.3. The van der Waals surface area contributed by atoms with Gasteiger partial charge < -0.3 is 20.5 Å². The van der Waals surface area contributed by atoms with Crippen molar-refractivity contribution in [3.8, 4) is 0 Å². The Kier molecular flexibility index (Phi) is 9.05. The fourth-order valence-electron chi connectivity index (χ4n) is 2.63. The van der Waals surface area contributed by atoms with Crippen molar-refractivity contribution >= 4 is 30.7 Å². The second-order valence-electron chi connectivity index (χ2n) is 6.16. The summed E-state index contributed by atoms with van der Waals surface area (Å²) in [4.78, 5) is 18.7. The number of hydrogen-bond acceptors (Lipinski definition) is 6. The molecule has 0 aromatic carbocycles. The van der Waals surface area contributed by atoms with Crippen LogP contribution in [-0.2, 0) is 16.9 Å². The lowest BCUT2D eigenvalue weighted by atomic mass is 9.95. The first kappa shape index (κ1) is 22.1. The van der Waals surface area contributed by atoms with Crippen molar-refractivity contribution in [3.05, 3.63) is 11.7 Å². The highest BCUT2D eigenvalue weighted by Gasteiger charge is 2.41. The van der Waals surface area contributed by atoms with Gasteiger partial charge in [-0.3, -0.25) is 4.79 Å². The van der Waals surface area contributed by atoms with Gasteiger partial charge >= 0.3 is 0 Å². The Labute approximate surface area is 149 Å². The quantitative estimate of drug-likeness (QED) is 0.789. The third-order valence-corrected chi connectivity index (χ3v) is 3.97. The van der Waals surface area contributed by atoms with Gasteiger partial charge in [-0.15, -0.1) is 24.8 Å². The van der Waals surface area contributed by atoms with Gasteiger partial charge in [0.1, 0.15) is 5.54 Å². The lowest BCUT2D eigenvalue weighted by molar-refractivity contribution is -0.126. The van der Waals surface area contributed by atoms with Crippen LogP contribution in [0.1, 0.15) is 44.3 Å². The summed E-state index contributed by atoms with van der Waals surface area (Å²) in [5, 5.41) is 7.21. The number of carbonyl (C=O) groups is 1. The van der Waals surface area contributed by atoms with E-state index in [1.54, 1.807) is 0 Å². The predicted octanol–water partition coefficient (Wildman–Crippen LogP) is 1.46. The minimum Gasteiger partial charge on any atom is -0.343 e. The van der Waals surface area contributed by atoms with E-state index in [9.17, 15) is 4.79 Å². The van der Waals surface area contributed by atoms with E-state index in [1.165, 1.54) is 0 Å². The Morgan fingerprint density at radius 3 is 2.52 bits per heavy atom. The Morgan fingerprint density at radius 1 is 1.39 bits per heavy atom. The van der Waals surface area contributed by atoms with Gasteiger partial charge in [-0.1, -0.05) is 24.9 Å². The number of nitrogens with one attached hydrogen (secondary N) is 1. The van der Waals surface area contributed by atoms with Crippen LogP contribution in [-0.4, -0.2) is 41.6 Å². The van der Waals surface area contributed by atoms with Crippen molar-refractivity contribution in [1.82, 2.24) is 20.4 Å². The van der Waals surface area contributed by atoms with Gasteiger partial charge in [-0.2, -0.15) is 4.98 Å². The van der Waals surface area contributed by atoms with Crippen molar-refractivity contribution < 1.29 is 9.32 Å². The number of rotatable bonds is 6. The zero-order valence-electron chi connectivity index (χ0n) is 13.9. The van der Waals surface area contributed by atoms with E-state index in [0.717, 1.165) is 25.7 Å². The second kappa shape index (κ2) is 9.42. The molecule has 3 N–H and O–H groups in total. The molecule has 0 spiro atoms. The molecule has 1 fully saturated rings. The zero-order chi connectivity index (χ0) is 15.5. The van der Waals surface area contributed by atoms with Gasteiger partial charge in [0.05, 0.1) is 6.54 Å². The summed E-state index contributed by atoms with van der Waals surface area (Å²) in [7, 11) is 3.89. The van der Waals surface area contributed by atoms with Crippen LogP contribution in [0.15, 0.2) is 4.52 Å². The van der Waals surface area contributed by atoms with Gasteiger partial charge in [-0.05, 0) is 26.9 Å². The van der Waals surface area contributed by atoms with Crippen molar-refractivity contribution in [2.24, 2.45) is 11.7 Å². The summed E-state index contributed by atoms with van der Waals surface area (Å²) in [6.45, 7) is 2.75. The molecule has 0 saturated heterocycles. The van der Waals surface area contributed by atoms with Crippen LogP contribution in [0.4, 0.5) is 0 Å². The molecule has 1 aliphatic rings. The molecular weight excluding hydrogens is 341 g/mol. The van der Waals surface area contributed by atoms with E-state index < -0.39 is 5.54 Å². The van der Waals surface area contributed by atoms with Crippen LogP contribution >= 0.6 is 24.8 Å². The first-order valence-electron chi connectivity index (χ1n) is 7.47. The molecule has 1 saturated carbocycles. The third kappa shape index (κ3) is 5.31. The lowest BCUT2D eigenvalue weighted by Gasteiger charge is -2.28. The Balaban J connectivity index is 0.00000242. The maximum Gasteiger partial charge on any atom is 0.240 e.